The van der Waals surface area contributed by atoms with E-state index < -0.39 is 38.4 Å². The Balaban J connectivity index is 1.99. The standard InChI is InChI=1S/C30H45N3O8Si/c1-10-15-38-27(35)25-21(18-22-24(26(34)33(22)25)20(4)41-42(8,9)30(5,6)7)23-19-31(28(36)39-16-11-2)13-14-32(23)29(37)40-17-12-3/h10-12,20,22-24H,1-3,13-19H2,4-9H3/t20-,22-,23?,24-/m1/s1. The van der Waals surface area contributed by atoms with Gasteiger partial charge in [0.25, 0.3) is 0 Å². The Morgan fingerprint density at radius 3 is 2.12 bits per heavy atom. The van der Waals surface area contributed by atoms with Gasteiger partial charge in [0.2, 0.25) is 5.91 Å². The molecule has 0 radical (unpaired) electrons. The van der Waals surface area contributed by atoms with Gasteiger partial charge in [0.15, 0.2) is 8.32 Å². The molecule has 0 aliphatic carbocycles. The van der Waals surface area contributed by atoms with Crippen molar-refractivity contribution in [2.75, 3.05) is 39.5 Å². The third kappa shape index (κ3) is 6.64. The van der Waals surface area contributed by atoms with E-state index in [-0.39, 0.29) is 68.2 Å². The average Bonchev–Trinajstić information content (AvgIpc) is 3.27. The summed E-state index contributed by atoms with van der Waals surface area (Å²) in [6, 6.07) is -1.11. The summed E-state index contributed by atoms with van der Waals surface area (Å²) >= 11 is 0. The molecular formula is C30H45N3O8Si. The molecule has 3 heterocycles. The van der Waals surface area contributed by atoms with Crippen LogP contribution in [-0.2, 0) is 28.2 Å². The van der Waals surface area contributed by atoms with Gasteiger partial charge >= 0.3 is 18.2 Å². The maximum absolute atomic E-state index is 13.7. The third-order valence-electron chi connectivity index (χ3n) is 8.49. The smallest absolute Gasteiger partial charge is 0.410 e. The number of hydrogen-bond donors (Lipinski definition) is 0. The van der Waals surface area contributed by atoms with Gasteiger partial charge in [0.1, 0.15) is 25.5 Å². The molecule has 3 aliphatic heterocycles. The van der Waals surface area contributed by atoms with E-state index >= 15 is 0 Å². The van der Waals surface area contributed by atoms with Crippen molar-refractivity contribution in [2.45, 2.75) is 70.4 Å². The molecule has 3 aliphatic rings. The molecule has 0 bridgehead atoms. The van der Waals surface area contributed by atoms with Crippen molar-refractivity contribution < 1.29 is 37.8 Å². The molecule has 3 amide bonds. The molecule has 0 aromatic rings. The number of hydrogen-bond acceptors (Lipinski definition) is 8. The lowest BCUT2D eigenvalue weighted by Gasteiger charge is -2.49. The summed E-state index contributed by atoms with van der Waals surface area (Å²) in [6.45, 7) is 23.7. The molecule has 2 fully saturated rings. The molecule has 0 saturated carbocycles. The molecule has 12 heteroatoms. The summed E-state index contributed by atoms with van der Waals surface area (Å²) in [5.41, 5.74) is 0.622. The second kappa shape index (κ2) is 13.3. The fourth-order valence-electron chi connectivity index (χ4n) is 5.39. The second-order valence-corrected chi connectivity index (χ2v) is 17.0. The van der Waals surface area contributed by atoms with Crippen LogP contribution in [0.1, 0.15) is 34.1 Å². The van der Waals surface area contributed by atoms with Crippen molar-refractivity contribution in [3.05, 3.63) is 49.2 Å². The summed E-state index contributed by atoms with van der Waals surface area (Å²) < 4.78 is 22.6. The van der Waals surface area contributed by atoms with Crippen LogP contribution in [0.3, 0.4) is 0 Å². The van der Waals surface area contributed by atoms with Crippen LogP contribution in [0.25, 0.3) is 0 Å². The largest absolute Gasteiger partial charge is 0.457 e. The minimum absolute atomic E-state index is 0.00194. The van der Waals surface area contributed by atoms with Gasteiger partial charge < -0.3 is 28.4 Å². The van der Waals surface area contributed by atoms with Gasteiger partial charge in [-0.05, 0) is 37.0 Å². The van der Waals surface area contributed by atoms with Gasteiger partial charge in [-0.2, -0.15) is 0 Å². The van der Waals surface area contributed by atoms with Crippen LogP contribution >= 0.6 is 0 Å². The quantitative estimate of drug-likeness (QED) is 0.113. The molecule has 232 valence electrons. The van der Waals surface area contributed by atoms with Gasteiger partial charge in [-0.25, -0.2) is 14.4 Å². The van der Waals surface area contributed by atoms with E-state index in [9.17, 15) is 19.2 Å². The number of rotatable bonds is 11. The van der Waals surface area contributed by atoms with E-state index in [1.807, 2.05) is 6.92 Å². The van der Waals surface area contributed by atoms with Crippen molar-refractivity contribution in [2.24, 2.45) is 5.92 Å². The minimum Gasteiger partial charge on any atom is -0.457 e. The van der Waals surface area contributed by atoms with Crippen molar-refractivity contribution in [1.82, 2.24) is 14.7 Å². The highest BCUT2D eigenvalue weighted by Crippen LogP contribution is 2.48. The Bertz CT molecular complexity index is 1140. The number of carbonyl (C=O) groups excluding carboxylic acids is 4. The number of ether oxygens (including phenoxy) is 3. The SMILES string of the molecule is C=CCOC(=O)C1=C(C2CN(C(=O)OCC=C)CCN2C(=O)OCC=C)C[C@@H]2[C@@H]([C@@H](C)O[Si](C)(C)C(C)(C)C)C(=O)N12. The molecule has 4 atom stereocenters. The fourth-order valence-corrected chi connectivity index (χ4v) is 6.82. The number of esters is 1. The van der Waals surface area contributed by atoms with Crippen molar-refractivity contribution in [1.29, 1.82) is 0 Å². The predicted octanol–water partition coefficient (Wildman–Crippen LogP) is 4.24. The first kappa shape index (κ1) is 33.1. The zero-order valence-corrected chi connectivity index (χ0v) is 26.7. The normalized spacial score (nSPS) is 23.0. The summed E-state index contributed by atoms with van der Waals surface area (Å²) in [5, 5.41) is -0.0510. The second-order valence-electron chi connectivity index (χ2n) is 12.2. The maximum atomic E-state index is 13.7. The predicted molar refractivity (Wildman–Crippen MR) is 160 cm³/mol. The van der Waals surface area contributed by atoms with Crippen LogP contribution in [0.5, 0.6) is 0 Å². The Kier molecular flexibility index (Phi) is 10.5. The highest BCUT2D eigenvalue weighted by atomic mass is 28.4. The molecule has 11 nitrogen and oxygen atoms in total. The highest BCUT2D eigenvalue weighted by Gasteiger charge is 2.60. The maximum Gasteiger partial charge on any atom is 0.410 e. The molecule has 0 aromatic heterocycles. The van der Waals surface area contributed by atoms with E-state index in [1.54, 1.807) is 0 Å². The Hall–Kier alpha value is -3.38. The Labute approximate surface area is 249 Å². The molecule has 3 rings (SSSR count). The average molecular weight is 604 g/mol. The van der Waals surface area contributed by atoms with Crippen LogP contribution in [0.4, 0.5) is 9.59 Å². The van der Waals surface area contributed by atoms with Crippen LogP contribution in [0, 0.1) is 5.92 Å². The Morgan fingerprint density at radius 2 is 1.55 bits per heavy atom. The lowest BCUT2D eigenvalue weighted by Crippen LogP contribution is -2.63. The number of nitrogens with zero attached hydrogens (tertiary/aromatic N) is 3. The van der Waals surface area contributed by atoms with E-state index in [2.05, 4.69) is 53.6 Å². The zero-order valence-electron chi connectivity index (χ0n) is 25.7. The third-order valence-corrected chi connectivity index (χ3v) is 13.1. The van der Waals surface area contributed by atoms with Gasteiger partial charge in [-0.3, -0.25) is 9.69 Å². The molecule has 0 N–H and O–H groups in total. The van der Waals surface area contributed by atoms with Gasteiger partial charge in [-0.15, -0.1) is 0 Å². The van der Waals surface area contributed by atoms with E-state index in [0.717, 1.165) is 0 Å². The van der Waals surface area contributed by atoms with Gasteiger partial charge in [0.05, 0.1) is 24.1 Å². The number of piperazine rings is 1. The van der Waals surface area contributed by atoms with Crippen molar-refractivity contribution in [3.8, 4) is 0 Å². The van der Waals surface area contributed by atoms with Gasteiger partial charge in [0, 0.05) is 19.6 Å². The molecule has 1 unspecified atom stereocenters. The molecule has 0 spiro atoms. The lowest BCUT2D eigenvalue weighted by atomic mass is 9.82. The molecule has 2 saturated heterocycles. The van der Waals surface area contributed by atoms with Crippen LogP contribution < -0.4 is 0 Å². The zero-order chi connectivity index (χ0) is 31.4. The van der Waals surface area contributed by atoms with Crippen LogP contribution in [0.2, 0.25) is 18.1 Å². The molecular weight excluding hydrogens is 558 g/mol. The lowest BCUT2D eigenvalue weighted by molar-refractivity contribution is -0.161. The van der Waals surface area contributed by atoms with E-state index in [4.69, 9.17) is 18.6 Å². The summed E-state index contributed by atoms with van der Waals surface area (Å²) in [4.78, 5) is 57.5. The monoisotopic (exact) mass is 603 g/mol. The number of fused-ring (bicyclic) bond motifs is 1. The fraction of sp³-hybridized carbons (Fsp3) is 0.600. The minimum atomic E-state index is -2.19. The first-order valence-corrected chi connectivity index (χ1v) is 17.2. The molecule has 42 heavy (non-hydrogen) atoms. The number of carbonyl (C=O) groups is 4. The van der Waals surface area contributed by atoms with Crippen LogP contribution in [-0.4, -0.2) is 105 Å². The van der Waals surface area contributed by atoms with E-state index in [0.29, 0.717) is 12.0 Å². The van der Waals surface area contributed by atoms with Crippen molar-refractivity contribution >= 4 is 32.4 Å². The summed E-state index contributed by atoms with van der Waals surface area (Å²) in [7, 11) is -2.19. The number of amides is 3. The van der Waals surface area contributed by atoms with Crippen LogP contribution in [0.15, 0.2) is 49.2 Å². The Morgan fingerprint density at radius 1 is 0.976 bits per heavy atom. The molecule has 0 aromatic carbocycles. The first-order valence-electron chi connectivity index (χ1n) is 14.3. The number of β-lactam (4-membered cyclic amide) rings is 1. The summed E-state index contributed by atoms with van der Waals surface area (Å²) in [6.07, 6.45) is 3.12. The van der Waals surface area contributed by atoms with Crippen molar-refractivity contribution in [3.63, 3.8) is 0 Å². The summed E-state index contributed by atoms with van der Waals surface area (Å²) in [5.74, 6) is -1.40. The van der Waals surface area contributed by atoms with E-state index in [1.165, 1.54) is 32.9 Å². The first-order chi connectivity index (χ1) is 19.7. The highest BCUT2D eigenvalue weighted by molar-refractivity contribution is 6.74. The van der Waals surface area contributed by atoms with Gasteiger partial charge in [-0.1, -0.05) is 58.7 Å². The topological polar surface area (TPSA) is 115 Å².